The Hall–Kier alpha value is -2.22. The average Bonchev–Trinajstić information content (AvgIpc) is 2.46. The largest absolute Gasteiger partial charge is 0.468 e. The molecule has 0 aromatic carbocycles. The Balaban J connectivity index is 3.02. The van der Waals surface area contributed by atoms with E-state index in [1.807, 2.05) is 0 Å². The number of pyridine rings is 1. The van der Waals surface area contributed by atoms with Crippen molar-refractivity contribution >= 4 is 34.8 Å². The number of esters is 2. The van der Waals surface area contributed by atoms with Crippen LogP contribution in [0.4, 0.5) is 5.69 Å². The van der Waals surface area contributed by atoms with E-state index in [9.17, 15) is 9.59 Å². The van der Waals surface area contributed by atoms with Gasteiger partial charge in [-0.15, -0.1) is 0 Å². The normalized spacial score (nSPS) is 9.70. The van der Waals surface area contributed by atoms with Crippen LogP contribution in [0.3, 0.4) is 0 Å². The lowest BCUT2D eigenvalue weighted by atomic mass is 10.2. The van der Waals surface area contributed by atoms with Crippen LogP contribution in [0.15, 0.2) is 18.3 Å². The van der Waals surface area contributed by atoms with Gasteiger partial charge in [0.25, 0.3) is 0 Å². The SMILES string of the molecule is COC(=O)CN(CC(=O)OC)c1ccnc(C(N)=S)c1. The zero-order valence-electron chi connectivity index (χ0n) is 11.2. The minimum atomic E-state index is -0.484. The third-order valence-electron chi connectivity index (χ3n) is 2.46. The Kier molecular flexibility index (Phi) is 5.85. The van der Waals surface area contributed by atoms with Gasteiger partial charge in [0.05, 0.1) is 19.9 Å². The van der Waals surface area contributed by atoms with Crippen LogP contribution in [0.2, 0.25) is 0 Å². The van der Waals surface area contributed by atoms with Crippen molar-refractivity contribution in [3.8, 4) is 0 Å². The molecule has 0 spiro atoms. The standard InChI is InChI=1S/C12H15N3O4S/c1-18-10(16)6-15(7-11(17)19-2)8-3-4-14-9(5-8)12(13)20/h3-5H,6-7H2,1-2H3,(H2,13,20). The van der Waals surface area contributed by atoms with Gasteiger partial charge in [0, 0.05) is 11.9 Å². The molecule has 0 aliphatic carbocycles. The number of nitrogens with two attached hydrogens (primary N) is 1. The molecule has 0 saturated heterocycles. The van der Waals surface area contributed by atoms with E-state index in [0.29, 0.717) is 11.4 Å². The summed E-state index contributed by atoms with van der Waals surface area (Å²) in [6, 6.07) is 3.22. The summed E-state index contributed by atoms with van der Waals surface area (Å²) >= 11 is 4.84. The van der Waals surface area contributed by atoms with E-state index in [-0.39, 0.29) is 18.1 Å². The summed E-state index contributed by atoms with van der Waals surface area (Å²) in [5.74, 6) is -0.967. The number of hydrogen-bond acceptors (Lipinski definition) is 7. The number of rotatable bonds is 6. The van der Waals surface area contributed by atoms with E-state index in [1.54, 1.807) is 12.1 Å². The molecular weight excluding hydrogens is 282 g/mol. The summed E-state index contributed by atoms with van der Waals surface area (Å²) < 4.78 is 9.19. The summed E-state index contributed by atoms with van der Waals surface area (Å²) in [6.45, 7) is -0.210. The van der Waals surface area contributed by atoms with Crippen molar-refractivity contribution in [2.75, 3.05) is 32.2 Å². The number of methoxy groups -OCH3 is 2. The van der Waals surface area contributed by atoms with Crippen LogP contribution < -0.4 is 10.6 Å². The molecular formula is C12H15N3O4S. The highest BCUT2D eigenvalue weighted by molar-refractivity contribution is 7.80. The highest BCUT2D eigenvalue weighted by Crippen LogP contribution is 2.14. The number of nitrogens with zero attached hydrogens (tertiary/aromatic N) is 2. The Morgan fingerprint density at radius 2 is 1.85 bits per heavy atom. The Morgan fingerprint density at radius 1 is 1.30 bits per heavy atom. The maximum absolute atomic E-state index is 11.4. The molecule has 0 saturated carbocycles. The molecule has 0 radical (unpaired) electrons. The first-order valence-corrected chi connectivity index (χ1v) is 6.03. The van der Waals surface area contributed by atoms with E-state index in [0.717, 1.165) is 0 Å². The van der Waals surface area contributed by atoms with Crippen LogP contribution in [-0.2, 0) is 19.1 Å². The second-order valence-electron chi connectivity index (χ2n) is 3.77. The van der Waals surface area contributed by atoms with E-state index >= 15 is 0 Å². The molecule has 8 heteroatoms. The molecule has 20 heavy (non-hydrogen) atoms. The molecule has 0 aliphatic heterocycles. The molecule has 0 atom stereocenters. The van der Waals surface area contributed by atoms with Gasteiger partial charge in [-0.1, -0.05) is 12.2 Å². The molecule has 7 nitrogen and oxygen atoms in total. The number of hydrogen-bond donors (Lipinski definition) is 1. The van der Waals surface area contributed by atoms with Crippen molar-refractivity contribution in [2.45, 2.75) is 0 Å². The van der Waals surface area contributed by atoms with Crippen molar-refractivity contribution in [1.82, 2.24) is 4.98 Å². The summed E-state index contributed by atoms with van der Waals surface area (Å²) in [4.78, 5) is 28.4. The number of anilines is 1. The average molecular weight is 297 g/mol. The fraction of sp³-hybridized carbons (Fsp3) is 0.333. The molecule has 108 valence electrons. The minimum Gasteiger partial charge on any atom is -0.468 e. The van der Waals surface area contributed by atoms with E-state index < -0.39 is 11.9 Å². The number of thiocarbonyl (C=S) groups is 1. The smallest absolute Gasteiger partial charge is 0.325 e. The predicted octanol–water partition coefficient (Wildman–Crippen LogP) is -0.132. The lowest BCUT2D eigenvalue weighted by Crippen LogP contribution is -2.35. The molecule has 1 aromatic heterocycles. The van der Waals surface area contributed by atoms with Crippen LogP contribution in [0.5, 0.6) is 0 Å². The molecule has 0 amide bonds. The maximum Gasteiger partial charge on any atom is 0.325 e. The molecule has 2 N–H and O–H groups in total. The quantitative estimate of drug-likeness (QED) is 0.573. The van der Waals surface area contributed by atoms with Gasteiger partial charge in [-0.25, -0.2) is 0 Å². The highest BCUT2D eigenvalue weighted by atomic mass is 32.1. The molecule has 1 heterocycles. The van der Waals surface area contributed by atoms with E-state index in [1.165, 1.54) is 25.3 Å². The third-order valence-corrected chi connectivity index (χ3v) is 2.67. The third kappa shape index (κ3) is 4.47. The van der Waals surface area contributed by atoms with Gasteiger partial charge in [-0.3, -0.25) is 14.6 Å². The van der Waals surface area contributed by atoms with Gasteiger partial charge in [0.1, 0.15) is 18.1 Å². The van der Waals surface area contributed by atoms with Crippen molar-refractivity contribution < 1.29 is 19.1 Å². The van der Waals surface area contributed by atoms with Crippen LogP contribution in [0.25, 0.3) is 0 Å². The number of ether oxygens (including phenoxy) is 2. The van der Waals surface area contributed by atoms with Crippen molar-refractivity contribution in [3.05, 3.63) is 24.0 Å². The summed E-state index contributed by atoms with van der Waals surface area (Å²) in [6.07, 6.45) is 1.49. The van der Waals surface area contributed by atoms with Gasteiger partial charge in [0.2, 0.25) is 0 Å². The Labute approximate surface area is 121 Å². The molecule has 0 unspecified atom stereocenters. The summed E-state index contributed by atoms with van der Waals surface area (Å²) in [5, 5.41) is 0. The monoisotopic (exact) mass is 297 g/mol. The predicted molar refractivity (Wildman–Crippen MR) is 76.4 cm³/mol. The molecule has 1 rings (SSSR count). The first kappa shape index (κ1) is 15.8. The zero-order chi connectivity index (χ0) is 15.1. The molecule has 0 fully saturated rings. The lowest BCUT2D eigenvalue weighted by Gasteiger charge is -2.22. The van der Waals surface area contributed by atoms with E-state index in [2.05, 4.69) is 14.5 Å². The summed E-state index contributed by atoms with van der Waals surface area (Å²) in [5.41, 5.74) is 6.47. The summed E-state index contributed by atoms with van der Waals surface area (Å²) in [7, 11) is 2.54. The van der Waals surface area contributed by atoms with Gasteiger partial charge in [-0.05, 0) is 12.1 Å². The van der Waals surface area contributed by atoms with Crippen LogP contribution >= 0.6 is 12.2 Å². The van der Waals surface area contributed by atoms with Crippen molar-refractivity contribution in [1.29, 1.82) is 0 Å². The highest BCUT2D eigenvalue weighted by Gasteiger charge is 2.17. The Morgan fingerprint density at radius 3 is 2.30 bits per heavy atom. The van der Waals surface area contributed by atoms with Gasteiger partial charge < -0.3 is 20.1 Å². The zero-order valence-corrected chi connectivity index (χ0v) is 12.0. The fourth-order valence-electron chi connectivity index (χ4n) is 1.43. The first-order chi connectivity index (χ1) is 9.47. The number of carbonyl (C=O) groups is 2. The Bertz CT molecular complexity index is 503. The van der Waals surface area contributed by atoms with Crippen LogP contribution in [0, 0.1) is 0 Å². The lowest BCUT2D eigenvalue weighted by molar-refractivity contribution is -0.140. The molecule has 1 aromatic rings. The number of carbonyl (C=O) groups excluding carboxylic acids is 2. The fourth-order valence-corrected chi connectivity index (χ4v) is 1.54. The molecule has 0 bridgehead atoms. The van der Waals surface area contributed by atoms with Gasteiger partial charge >= 0.3 is 11.9 Å². The second kappa shape index (κ2) is 7.39. The topological polar surface area (TPSA) is 94.8 Å². The van der Waals surface area contributed by atoms with Gasteiger partial charge in [0.15, 0.2) is 0 Å². The molecule has 0 aliphatic rings. The second-order valence-corrected chi connectivity index (χ2v) is 4.21. The minimum absolute atomic E-state index is 0.105. The first-order valence-electron chi connectivity index (χ1n) is 5.62. The van der Waals surface area contributed by atoms with Crippen LogP contribution in [-0.4, -0.2) is 49.2 Å². The number of aromatic nitrogens is 1. The van der Waals surface area contributed by atoms with Crippen molar-refractivity contribution in [2.24, 2.45) is 5.73 Å². The van der Waals surface area contributed by atoms with Crippen LogP contribution in [0.1, 0.15) is 5.69 Å². The van der Waals surface area contributed by atoms with Gasteiger partial charge in [-0.2, -0.15) is 0 Å². The van der Waals surface area contributed by atoms with Crippen molar-refractivity contribution in [3.63, 3.8) is 0 Å². The maximum atomic E-state index is 11.4. The van der Waals surface area contributed by atoms with E-state index in [4.69, 9.17) is 18.0 Å².